The van der Waals surface area contributed by atoms with E-state index in [1.54, 1.807) is 0 Å². The minimum atomic E-state index is -0.766. The number of halogens is 2. The number of hydrogen-bond acceptors (Lipinski definition) is 4. The van der Waals surface area contributed by atoms with E-state index >= 15 is 0 Å². The Hall–Kier alpha value is -1.89. The minimum absolute atomic E-state index is 0.0258. The summed E-state index contributed by atoms with van der Waals surface area (Å²) in [6, 6.07) is 23.1. The first-order valence-corrected chi connectivity index (χ1v) is 10.9. The summed E-state index contributed by atoms with van der Waals surface area (Å²) >= 11 is 9.43. The molecule has 0 aliphatic heterocycles. The van der Waals surface area contributed by atoms with Crippen molar-refractivity contribution in [2.45, 2.75) is 19.3 Å². The summed E-state index contributed by atoms with van der Waals surface area (Å²) < 4.78 is 6.87. The maximum Gasteiger partial charge on any atom is 0.125 e. The molecule has 0 aromatic heterocycles. The van der Waals surface area contributed by atoms with E-state index in [0.717, 1.165) is 15.6 Å². The summed E-state index contributed by atoms with van der Waals surface area (Å²) in [6.45, 7) is 1.90. The summed E-state index contributed by atoms with van der Waals surface area (Å²) in [5.74, 6) is 0.629. The number of benzene rings is 3. The van der Waals surface area contributed by atoms with Crippen LogP contribution in [0.1, 0.15) is 22.8 Å². The average Bonchev–Trinajstić information content (AvgIpc) is 2.75. The molecule has 0 bridgehead atoms. The Morgan fingerprint density at radius 3 is 2.40 bits per heavy atom. The first-order chi connectivity index (χ1) is 14.5. The highest BCUT2D eigenvalue weighted by Crippen LogP contribution is 2.30. The van der Waals surface area contributed by atoms with Crippen molar-refractivity contribution in [3.63, 3.8) is 0 Å². The van der Waals surface area contributed by atoms with E-state index < -0.39 is 6.10 Å². The number of ether oxygens (including phenoxy) is 1. The summed E-state index contributed by atoms with van der Waals surface area (Å²) in [5, 5.41) is 21.1. The molecule has 1 atom stereocenters. The van der Waals surface area contributed by atoms with Crippen LogP contribution in [-0.2, 0) is 13.2 Å². The van der Waals surface area contributed by atoms with Crippen molar-refractivity contribution in [2.24, 2.45) is 0 Å². The number of hydrogen-bond donors (Lipinski definition) is 2. The van der Waals surface area contributed by atoms with Gasteiger partial charge in [-0.3, -0.25) is 4.90 Å². The van der Waals surface area contributed by atoms with Crippen LogP contribution in [0.3, 0.4) is 0 Å². The second-order valence-corrected chi connectivity index (χ2v) is 8.41. The van der Waals surface area contributed by atoms with Crippen LogP contribution in [0.4, 0.5) is 0 Å². The Bertz CT molecular complexity index is 921. The van der Waals surface area contributed by atoms with E-state index in [-0.39, 0.29) is 6.61 Å². The SMILES string of the molecule is OCCN(Cc1ccccc1)CC(O)c1cc(Br)ccc1OCc1ccc(Cl)cc1. The van der Waals surface area contributed by atoms with Crippen molar-refractivity contribution < 1.29 is 14.9 Å². The molecule has 158 valence electrons. The average molecular weight is 491 g/mol. The predicted molar refractivity (Wildman–Crippen MR) is 124 cm³/mol. The molecule has 1 unspecified atom stereocenters. The standard InChI is InChI=1S/C24H25BrClNO3/c25-20-8-11-24(30-17-19-6-9-21(26)10-7-19)22(14-20)23(29)16-27(12-13-28)15-18-4-2-1-3-5-18/h1-11,14,23,28-29H,12-13,15-17H2. The molecule has 0 aliphatic rings. The topological polar surface area (TPSA) is 52.9 Å². The summed E-state index contributed by atoms with van der Waals surface area (Å²) in [4.78, 5) is 2.03. The zero-order chi connectivity index (χ0) is 21.3. The van der Waals surface area contributed by atoms with Crippen LogP contribution >= 0.6 is 27.5 Å². The van der Waals surface area contributed by atoms with Gasteiger partial charge in [0.2, 0.25) is 0 Å². The van der Waals surface area contributed by atoms with E-state index in [4.69, 9.17) is 16.3 Å². The maximum atomic E-state index is 11.0. The van der Waals surface area contributed by atoms with Crippen LogP contribution in [0.5, 0.6) is 5.75 Å². The number of rotatable bonds is 10. The Labute approximate surface area is 190 Å². The van der Waals surface area contributed by atoms with E-state index in [1.165, 1.54) is 0 Å². The molecule has 4 nitrogen and oxygen atoms in total. The largest absolute Gasteiger partial charge is 0.489 e. The van der Waals surface area contributed by atoms with Gasteiger partial charge in [0, 0.05) is 34.7 Å². The molecule has 0 amide bonds. The van der Waals surface area contributed by atoms with Crippen molar-refractivity contribution in [3.8, 4) is 5.75 Å². The van der Waals surface area contributed by atoms with Crippen LogP contribution in [-0.4, -0.2) is 34.8 Å². The van der Waals surface area contributed by atoms with Gasteiger partial charge in [-0.2, -0.15) is 0 Å². The van der Waals surface area contributed by atoms with Crippen molar-refractivity contribution >= 4 is 27.5 Å². The normalized spacial score (nSPS) is 12.2. The lowest BCUT2D eigenvalue weighted by molar-refractivity contribution is 0.0930. The van der Waals surface area contributed by atoms with Gasteiger partial charge in [-0.25, -0.2) is 0 Å². The fraction of sp³-hybridized carbons (Fsp3) is 0.250. The Kier molecular flexibility index (Phi) is 8.73. The van der Waals surface area contributed by atoms with Gasteiger partial charge in [-0.15, -0.1) is 0 Å². The van der Waals surface area contributed by atoms with Gasteiger partial charge >= 0.3 is 0 Å². The Morgan fingerprint density at radius 1 is 0.967 bits per heavy atom. The van der Waals surface area contributed by atoms with Crippen LogP contribution in [0.2, 0.25) is 5.02 Å². The molecule has 3 rings (SSSR count). The van der Waals surface area contributed by atoms with Crippen LogP contribution in [0.15, 0.2) is 77.3 Å². The molecule has 0 spiro atoms. The number of nitrogens with zero attached hydrogens (tertiary/aromatic N) is 1. The minimum Gasteiger partial charge on any atom is -0.489 e. The second-order valence-electron chi connectivity index (χ2n) is 7.06. The third-order valence-corrected chi connectivity index (χ3v) is 5.48. The molecule has 0 fully saturated rings. The number of aliphatic hydroxyl groups is 2. The molecule has 2 N–H and O–H groups in total. The zero-order valence-corrected chi connectivity index (χ0v) is 18.9. The molecular formula is C24H25BrClNO3. The highest BCUT2D eigenvalue weighted by atomic mass is 79.9. The second kappa shape index (κ2) is 11.5. The molecule has 0 saturated carbocycles. The third kappa shape index (κ3) is 6.83. The summed E-state index contributed by atoms with van der Waals surface area (Å²) in [6.07, 6.45) is -0.766. The molecular weight excluding hydrogens is 466 g/mol. The summed E-state index contributed by atoms with van der Waals surface area (Å²) in [7, 11) is 0. The van der Waals surface area contributed by atoms with Gasteiger partial charge in [0.05, 0.1) is 12.7 Å². The van der Waals surface area contributed by atoms with Gasteiger partial charge in [0.25, 0.3) is 0 Å². The van der Waals surface area contributed by atoms with Crippen molar-refractivity contribution in [1.29, 1.82) is 0 Å². The van der Waals surface area contributed by atoms with E-state index in [0.29, 0.717) is 42.6 Å². The molecule has 3 aromatic carbocycles. The van der Waals surface area contributed by atoms with Gasteiger partial charge in [0.1, 0.15) is 12.4 Å². The van der Waals surface area contributed by atoms with Gasteiger partial charge in [-0.1, -0.05) is 70.0 Å². The molecule has 3 aromatic rings. The monoisotopic (exact) mass is 489 g/mol. The van der Waals surface area contributed by atoms with Crippen molar-refractivity contribution in [1.82, 2.24) is 4.90 Å². The van der Waals surface area contributed by atoms with Gasteiger partial charge in [0.15, 0.2) is 0 Å². The lowest BCUT2D eigenvalue weighted by Crippen LogP contribution is -2.31. The molecule has 6 heteroatoms. The lowest BCUT2D eigenvalue weighted by atomic mass is 10.1. The number of aliphatic hydroxyl groups excluding tert-OH is 2. The van der Waals surface area contributed by atoms with Gasteiger partial charge < -0.3 is 14.9 Å². The first-order valence-electron chi connectivity index (χ1n) is 9.77. The fourth-order valence-electron chi connectivity index (χ4n) is 3.21. The van der Waals surface area contributed by atoms with Crippen molar-refractivity contribution in [2.75, 3.05) is 19.7 Å². The van der Waals surface area contributed by atoms with E-state index in [9.17, 15) is 10.2 Å². The quantitative estimate of drug-likeness (QED) is 0.410. The van der Waals surface area contributed by atoms with Crippen LogP contribution < -0.4 is 4.74 Å². The Morgan fingerprint density at radius 2 is 1.70 bits per heavy atom. The summed E-state index contributed by atoms with van der Waals surface area (Å²) in [5.41, 5.74) is 2.83. The lowest BCUT2D eigenvalue weighted by Gasteiger charge is -2.25. The first kappa shape index (κ1) is 22.8. The predicted octanol–water partition coefficient (Wildman–Crippen LogP) is 5.21. The zero-order valence-electron chi connectivity index (χ0n) is 16.5. The molecule has 0 aliphatic carbocycles. The van der Waals surface area contributed by atoms with Crippen molar-refractivity contribution in [3.05, 3.63) is 99.0 Å². The van der Waals surface area contributed by atoms with E-state index in [2.05, 4.69) is 15.9 Å². The maximum absolute atomic E-state index is 11.0. The fourth-order valence-corrected chi connectivity index (χ4v) is 3.72. The van der Waals surface area contributed by atoms with Crippen LogP contribution in [0.25, 0.3) is 0 Å². The van der Waals surface area contributed by atoms with E-state index in [1.807, 2.05) is 77.7 Å². The smallest absolute Gasteiger partial charge is 0.125 e. The molecule has 30 heavy (non-hydrogen) atoms. The third-order valence-electron chi connectivity index (χ3n) is 4.73. The highest BCUT2D eigenvalue weighted by molar-refractivity contribution is 9.10. The van der Waals surface area contributed by atoms with Crippen LogP contribution in [0, 0.1) is 0 Å². The highest BCUT2D eigenvalue weighted by Gasteiger charge is 2.18. The molecule has 0 radical (unpaired) electrons. The molecule has 0 saturated heterocycles. The molecule has 0 heterocycles. The van der Waals surface area contributed by atoms with Gasteiger partial charge in [-0.05, 0) is 41.5 Å². The Balaban J connectivity index is 1.72.